The first-order valence-electron chi connectivity index (χ1n) is 18.8. The van der Waals surface area contributed by atoms with Gasteiger partial charge in [0.1, 0.15) is 17.5 Å². The Labute approximate surface area is 307 Å². The minimum atomic E-state index is -0.708. The molecule has 0 aromatic heterocycles. The fraction of sp³-hybridized carbons (Fsp3) is 0.622. The van der Waals surface area contributed by atoms with Crippen molar-refractivity contribution < 1.29 is 24.5 Å². The number of nitrogens with two attached hydrogens (primary N) is 1. The van der Waals surface area contributed by atoms with Gasteiger partial charge in [-0.2, -0.15) is 0 Å². The molecule has 2 unspecified atom stereocenters. The molecule has 2 aromatic carbocycles. The quantitative estimate of drug-likeness (QED) is 0.0320. The lowest BCUT2D eigenvalue weighted by atomic mass is 10.0. The van der Waals surface area contributed by atoms with Crippen LogP contribution in [-0.4, -0.2) is 78.1 Å². The number of aromatic hydroxyl groups is 1. The molecule has 0 aliphatic carbocycles. The van der Waals surface area contributed by atoms with Crippen LogP contribution in [0.4, 0.5) is 17.1 Å². The van der Waals surface area contributed by atoms with E-state index in [4.69, 9.17) is 5.73 Å². The lowest BCUT2D eigenvalue weighted by molar-refractivity contribution is -0.393. The zero-order valence-corrected chi connectivity index (χ0v) is 30.7. The summed E-state index contributed by atoms with van der Waals surface area (Å²) in [6.07, 6.45) is 12.0. The monoisotopic (exact) mass is 728 g/mol. The number of anilines is 1. The van der Waals surface area contributed by atoms with E-state index in [-0.39, 0.29) is 40.7 Å². The summed E-state index contributed by atoms with van der Waals surface area (Å²) in [5.41, 5.74) is 5.98. The van der Waals surface area contributed by atoms with Gasteiger partial charge in [0.15, 0.2) is 0 Å². The molecule has 0 fully saturated rings. The summed E-state index contributed by atoms with van der Waals surface area (Å²) in [5, 5.41) is 47.7. The van der Waals surface area contributed by atoms with Crippen molar-refractivity contribution >= 4 is 28.9 Å². The maximum Gasteiger partial charge on any atom is 0.299 e. The van der Waals surface area contributed by atoms with Crippen molar-refractivity contribution in [2.75, 3.05) is 44.6 Å². The van der Waals surface area contributed by atoms with E-state index in [9.17, 15) is 34.9 Å². The maximum absolute atomic E-state index is 13.1. The number of unbranched alkanes of at least 4 members (excludes halogenated alkanes) is 7. The summed E-state index contributed by atoms with van der Waals surface area (Å²) in [5.74, 6) is -0.239. The van der Waals surface area contributed by atoms with Crippen LogP contribution in [0.25, 0.3) is 0 Å². The van der Waals surface area contributed by atoms with Crippen molar-refractivity contribution in [3.8, 4) is 5.75 Å². The van der Waals surface area contributed by atoms with E-state index in [1.807, 2.05) is 6.92 Å². The second-order valence-corrected chi connectivity index (χ2v) is 13.3. The third-order valence-corrected chi connectivity index (χ3v) is 8.70. The Kier molecular flexibility index (Phi) is 22.3. The molecule has 15 heteroatoms. The molecule has 0 radical (unpaired) electrons. The summed E-state index contributed by atoms with van der Waals surface area (Å²) >= 11 is 0. The number of nitro benzene ring substituents is 2. The minimum absolute atomic E-state index is 0.0319. The third kappa shape index (κ3) is 19.3. The van der Waals surface area contributed by atoms with Crippen LogP contribution in [0.5, 0.6) is 5.75 Å². The molecule has 0 aliphatic rings. The average Bonchev–Trinajstić information content (AvgIpc) is 3.11. The highest BCUT2D eigenvalue weighted by molar-refractivity contribution is 5.87. The molecule has 8 N–H and O–H groups in total. The molecular weight excluding hydrogens is 668 g/mol. The Hall–Kier alpha value is -4.34. The second-order valence-electron chi connectivity index (χ2n) is 13.3. The molecule has 290 valence electrons. The predicted molar refractivity (Wildman–Crippen MR) is 204 cm³/mol. The van der Waals surface area contributed by atoms with Gasteiger partial charge in [0.25, 0.3) is 11.4 Å². The van der Waals surface area contributed by atoms with Gasteiger partial charge in [-0.1, -0.05) is 50.7 Å². The highest BCUT2D eigenvalue weighted by Crippen LogP contribution is 2.30. The van der Waals surface area contributed by atoms with Gasteiger partial charge in [0.2, 0.25) is 11.8 Å². The summed E-state index contributed by atoms with van der Waals surface area (Å²) in [6, 6.07) is 9.52. The smallest absolute Gasteiger partial charge is 0.299 e. The Balaban J connectivity index is 1.62. The van der Waals surface area contributed by atoms with E-state index in [0.29, 0.717) is 25.9 Å². The third-order valence-electron chi connectivity index (χ3n) is 8.70. The highest BCUT2D eigenvalue weighted by Gasteiger charge is 2.22. The van der Waals surface area contributed by atoms with Crippen LogP contribution in [0.15, 0.2) is 42.5 Å². The predicted octanol–water partition coefficient (Wildman–Crippen LogP) is 5.06. The lowest BCUT2D eigenvalue weighted by Crippen LogP contribution is -2.48. The number of nitro groups is 2. The number of hydrogen-bond donors (Lipinski definition) is 7. The summed E-state index contributed by atoms with van der Waals surface area (Å²) in [6.45, 7) is 6.81. The molecule has 0 heterocycles. The van der Waals surface area contributed by atoms with Crippen molar-refractivity contribution in [2.45, 2.75) is 109 Å². The Morgan fingerprint density at radius 1 is 0.769 bits per heavy atom. The van der Waals surface area contributed by atoms with E-state index in [1.165, 1.54) is 12.1 Å². The highest BCUT2D eigenvalue weighted by atomic mass is 16.6. The van der Waals surface area contributed by atoms with Crippen molar-refractivity contribution in [2.24, 2.45) is 5.73 Å². The molecule has 52 heavy (non-hydrogen) atoms. The van der Waals surface area contributed by atoms with E-state index in [1.54, 1.807) is 24.3 Å². The number of carbonyl (C=O) groups excluding carboxylic acids is 2. The van der Waals surface area contributed by atoms with E-state index < -0.39 is 15.9 Å². The Bertz CT molecular complexity index is 1350. The van der Waals surface area contributed by atoms with Gasteiger partial charge < -0.3 is 37.4 Å². The van der Waals surface area contributed by atoms with Crippen LogP contribution in [-0.2, 0) is 16.0 Å². The van der Waals surface area contributed by atoms with Gasteiger partial charge in [-0.3, -0.25) is 29.8 Å². The fourth-order valence-corrected chi connectivity index (χ4v) is 5.73. The van der Waals surface area contributed by atoms with Gasteiger partial charge in [0.05, 0.1) is 15.9 Å². The molecule has 0 aliphatic heterocycles. The number of rotatable bonds is 30. The average molecular weight is 729 g/mol. The van der Waals surface area contributed by atoms with Gasteiger partial charge in [-0.05, 0) is 102 Å². The number of nitrogens with one attached hydrogen (secondary N) is 5. The molecule has 2 atom stereocenters. The maximum atomic E-state index is 13.1. The van der Waals surface area contributed by atoms with Gasteiger partial charge in [-0.25, -0.2) is 0 Å². The number of phenols is 1. The first-order chi connectivity index (χ1) is 25.1. The molecule has 0 spiro atoms. The van der Waals surface area contributed by atoms with E-state index in [2.05, 4.69) is 26.6 Å². The summed E-state index contributed by atoms with van der Waals surface area (Å²) in [4.78, 5) is 47.0. The van der Waals surface area contributed by atoms with Crippen LogP contribution < -0.4 is 32.3 Å². The van der Waals surface area contributed by atoms with Crippen LogP contribution in [0.3, 0.4) is 0 Å². The number of hydrogen-bond acceptors (Lipinski definition) is 11. The van der Waals surface area contributed by atoms with E-state index in [0.717, 1.165) is 115 Å². The number of nitrogens with zero attached hydrogens (tertiary/aromatic N) is 2. The molecule has 2 rings (SSSR count). The minimum Gasteiger partial charge on any atom is -0.508 e. The summed E-state index contributed by atoms with van der Waals surface area (Å²) in [7, 11) is 0. The zero-order chi connectivity index (χ0) is 38.0. The number of carbonyl (C=O) groups is 2. The normalized spacial score (nSPS) is 12.2. The summed E-state index contributed by atoms with van der Waals surface area (Å²) < 4.78 is 0. The van der Waals surface area contributed by atoms with Gasteiger partial charge in [0, 0.05) is 31.5 Å². The number of phenolic OH excluding ortho intramolecular Hbond substituents is 1. The van der Waals surface area contributed by atoms with Crippen LogP contribution in [0.2, 0.25) is 0 Å². The Morgan fingerprint density at radius 2 is 1.38 bits per heavy atom. The van der Waals surface area contributed by atoms with E-state index >= 15 is 0 Å². The molecule has 2 amide bonds. The lowest BCUT2D eigenvalue weighted by Gasteiger charge is -2.19. The molecule has 15 nitrogen and oxygen atoms in total. The van der Waals surface area contributed by atoms with Crippen molar-refractivity contribution in [1.82, 2.24) is 21.3 Å². The van der Waals surface area contributed by atoms with Crippen molar-refractivity contribution in [3.05, 3.63) is 68.3 Å². The fourth-order valence-electron chi connectivity index (χ4n) is 5.73. The van der Waals surface area contributed by atoms with Crippen molar-refractivity contribution in [3.63, 3.8) is 0 Å². The molecule has 2 aromatic rings. The van der Waals surface area contributed by atoms with Crippen LogP contribution in [0, 0.1) is 20.2 Å². The topological polar surface area (TPSA) is 227 Å². The van der Waals surface area contributed by atoms with Gasteiger partial charge >= 0.3 is 0 Å². The SMILES string of the molecule is CC(CCCCCCCCCC(=O)NC(Cc1ccc(O)cc1)C(=O)NCCCNCCCCNCCCN)Nc1ccc([N+](=O)[O-])cc1[N+](=O)[O-]. The molecule has 0 bridgehead atoms. The number of amides is 2. The number of benzene rings is 2. The zero-order valence-electron chi connectivity index (χ0n) is 30.7. The first kappa shape index (κ1) is 43.8. The standard InChI is InChI=1S/C37H60N8O7/c1-29(42-33-20-17-31(44(49)50)28-35(33)45(51)52)13-7-5-3-2-4-6-8-14-36(47)43-34(27-30-15-18-32(46)19-16-30)37(48)41-26-12-25-40-23-10-9-22-39-24-11-21-38/h15-20,28-29,34,39-40,42,46H,2-14,21-27,38H2,1H3,(H,41,48)(H,43,47). The molecule has 0 saturated carbocycles. The van der Waals surface area contributed by atoms with Gasteiger partial charge in [-0.15, -0.1) is 0 Å². The first-order valence-corrected chi connectivity index (χ1v) is 18.8. The molecule has 0 saturated heterocycles. The second kappa shape index (κ2) is 26.4. The molecular formula is C37H60N8O7. The van der Waals surface area contributed by atoms with Crippen LogP contribution in [0.1, 0.15) is 96.0 Å². The van der Waals surface area contributed by atoms with Crippen molar-refractivity contribution in [1.29, 1.82) is 0 Å². The largest absolute Gasteiger partial charge is 0.508 e. The van der Waals surface area contributed by atoms with Crippen LogP contribution >= 0.6 is 0 Å². The Morgan fingerprint density at radius 3 is 2.02 bits per heavy atom. The number of non-ortho nitro benzene ring substituents is 1.